The van der Waals surface area contributed by atoms with Gasteiger partial charge in [-0.05, 0) is 25.0 Å². The van der Waals surface area contributed by atoms with Gasteiger partial charge in [-0.2, -0.15) is 0 Å². The zero-order chi connectivity index (χ0) is 15.7. The molecule has 0 aliphatic carbocycles. The van der Waals surface area contributed by atoms with Crippen LogP contribution in [0.5, 0.6) is 5.75 Å². The maximum atomic E-state index is 12.9. The minimum atomic E-state index is -0.848. The molecule has 0 bridgehead atoms. The van der Waals surface area contributed by atoms with Gasteiger partial charge in [-0.25, -0.2) is 4.39 Å². The van der Waals surface area contributed by atoms with Crippen LogP contribution in [0.1, 0.15) is 25.7 Å². The molecule has 0 fully saturated rings. The molecule has 1 amide bonds. The van der Waals surface area contributed by atoms with Crippen LogP contribution < -0.4 is 4.74 Å². The molecule has 116 valence electrons. The number of ether oxygens (including phenoxy) is 1. The van der Waals surface area contributed by atoms with Crippen molar-refractivity contribution in [3.63, 3.8) is 0 Å². The first kappa shape index (κ1) is 16.9. The van der Waals surface area contributed by atoms with Crippen LogP contribution in [0.15, 0.2) is 24.3 Å². The van der Waals surface area contributed by atoms with Gasteiger partial charge >= 0.3 is 5.97 Å². The van der Waals surface area contributed by atoms with Gasteiger partial charge in [-0.1, -0.05) is 6.07 Å². The number of hydrogen-bond acceptors (Lipinski definition) is 3. The molecule has 0 heterocycles. The molecule has 5 nitrogen and oxygen atoms in total. The Morgan fingerprint density at radius 2 is 2.00 bits per heavy atom. The van der Waals surface area contributed by atoms with Crippen LogP contribution in [0.25, 0.3) is 0 Å². The first-order chi connectivity index (χ1) is 9.99. The summed E-state index contributed by atoms with van der Waals surface area (Å²) in [7, 11) is 1.66. The Labute approximate surface area is 123 Å². The van der Waals surface area contributed by atoms with E-state index in [0.717, 1.165) is 0 Å². The van der Waals surface area contributed by atoms with Gasteiger partial charge < -0.3 is 14.7 Å². The lowest BCUT2D eigenvalue weighted by Gasteiger charge is -2.17. The van der Waals surface area contributed by atoms with Gasteiger partial charge in [0.2, 0.25) is 5.91 Å². The molecule has 1 aromatic carbocycles. The van der Waals surface area contributed by atoms with Crippen molar-refractivity contribution in [2.45, 2.75) is 25.7 Å². The molecule has 0 aromatic heterocycles. The van der Waals surface area contributed by atoms with Crippen molar-refractivity contribution in [3.8, 4) is 5.75 Å². The summed E-state index contributed by atoms with van der Waals surface area (Å²) in [4.78, 5) is 23.6. The molecular formula is C15H20FNO4. The number of amides is 1. The summed E-state index contributed by atoms with van der Waals surface area (Å²) in [6.45, 7) is 0.676. The zero-order valence-corrected chi connectivity index (χ0v) is 12.0. The lowest BCUT2D eigenvalue weighted by atomic mass is 10.2. The van der Waals surface area contributed by atoms with E-state index >= 15 is 0 Å². The average molecular weight is 297 g/mol. The number of carbonyl (C=O) groups is 2. The summed E-state index contributed by atoms with van der Waals surface area (Å²) in [6, 6.07) is 5.83. The Balaban J connectivity index is 2.19. The number of halogens is 1. The second-order valence-electron chi connectivity index (χ2n) is 4.72. The first-order valence-electron chi connectivity index (χ1n) is 6.83. The Kier molecular flexibility index (Phi) is 7.21. The highest BCUT2D eigenvalue weighted by Gasteiger charge is 2.09. The molecule has 1 rings (SSSR count). The third-order valence-corrected chi connectivity index (χ3v) is 2.95. The highest BCUT2D eigenvalue weighted by Crippen LogP contribution is 2.11. The van der Waals surface area contributed by atoms with Crippen LogP contribution in [-0.4, -0.2) is 42.1 Å². The van der Waals surface area contributed by atoms with Crippen LogP contribution in [0.3, 0.4) is 0 Å². The van der Waals surface area contributed by atoms with E-state index in [1.54, 1.807) is 19.2 Å². The molecule has 0 unspecified atom stereocenters. The summed E-state index contributed by atoms with van der Waals surface area (Å²) in [5.41, 5.74) is 0. The highest BCUT2D eigenvalue weighted by atomic mass is 19.1. The van der Waals surface area contributed by atoms with Crippen LogP contribution >= 0.6 is 0 Å². The summed E-state index contributed by atoms with van der Waals surface area (Å²) >= 11 is 0. The lowest BCUT2D eigenvalue weighted by molar-refractivity contribution is -0.137. The zero-order valence-electron chi connectivity index (χ0n) is 12.0. The Hall–Kier alpha value is -2.11. The van der Waals surface area contributed by atoms with Crippen molar-refractivity contribution in [2.75, 3.05) is 20.2 Å². The number of likely N-dealkylation sites (N-methyl/N-ethyl adjacent to an activating group) is 1. The Morgan fingerprint density at radius 3 is 2.67 bits per heavy atom. The summed E-state index contributed by atoms with van der Waals surface area (Å²) in [5.74, 6) is -0.838. The monoisotopic (exact) mass is 297 g/mol. The van der Waals surface area contributed by atoms with Crippen LogP contribution in [0.4, 0.5) is 4.39 Å². The van der Waals surface area contributed by atoms with E-state index < -0.39 is 5.97 Å². The number of carbonyl (C=O) groups excluding carboxylic acids is 1. The van der Waals surface area contributed by atoms with E-state index in [-0.39, 0.29) is 24.8 Å². The largest absolute Gasteiger partial charge is 0.492 e. The Morgan fingerprint density at radius 1 is 1.29 bits per heavy atom. The highest BCUT2D eigenvalue weighted by molar-refractivity contribution is 5.75. The van der Waals surface area contributed by atoms with Gasteiger partial charge in [0, 0.05) is 26.0 Å². The van der Waals surface area contributed by atoms with E-state index in [9.17, 15) is 14.0 Å². The van der Waals surface area contributed by atoms with Crippen molar-refractivity contribution in [1.82, 2.24) is 4.90 Å². The smallest absolute Gasteiger partial charge is 0.303 e. The van der Waals surface area contributed by atoms with Crippen LogP contribution in [-0.2, 0) is 9.59 Å². The quantitative estimate of drug-likeness (QED) is 0.710. The molecule has 6 heteroatoms. The standard InChI is InChI=1S/C15H20FNO4/c1-17(14(18)7-2-3-8-15(19)20)9-10-21-13-6-4-5-12(16)11-13/h4-6,11H,2-3,7-10H2,1H3,(H,19,20). The molecule has 1 aromatic rings. The van der Waals surface area contributed by atoms with Gasteiger partial charge in [-0.3, -0.25) is 9.59 Å². The predicted molar refractivity (Wildman–Crippen MR) is 75.6 cm³/mol. The molecular weight excluding hydrogens is 277 g/mol. The Bertz CT molecular complexity index is 478. The first-order valence-corrected chi connectivity index (χ1v) is 6.83. The van der Waals surface area contributed by atoms with Crippen LogP contribution in [0, 0.1) is 5.82 Å². The summed E-state index contributed by atoms with van der Waals surface area (Å²) in [5, 5.41) is 8.49. The van der Waals surface area contributed by atoms with Gasteiger partial charge in [0.05, 0.1) is 6.54 Å². The van der Waals surface area contributed by atoms with Crippen molar-refractivity contribution in [1.29, 1.82) is 0 Å². The fourth-order valence-corrected chi connectivity index (χ4v) is 1.73. The molecule has 0 saturated carbocycles. The van der Waals surface area contributed by atoms with Crippen molar-refractivity contribution >= 4 is 11.9 Å². The van der Waals surface area contributed by atoms with Gasteiger partial charge in [0.1, 0.15) is 18.2 Å². The summed E-state index contributed by atoms with van der Waals surface area (Å²) < 4.78 is 18.3. The molecule has 0 saturated heterocycles. The second-order valence-corrected chi connectivity index (χ2v) is 4.72. The van der Waals surface area contributed by atoms with E-state index in [4.69, 9.17) is 9.84 Å². The maximum Gasteiger partial charge on any atom is 0.303 e. The number of rotatable bonds is 9. The van der Waals surface area contributed by atoms with Crippen molar-refractivity contribution in [2.24, 2.45) is 0 Å². The third kappa shape index (κ3) is 7.29. The number of carboxylic acid groups (broad SMARTS) is 1. The topological polar surface area (TPSA) is 66.8 Å². The normalized spacial score (nSPS) is 10.2. The molecule has 0 aliphatic heterocycles. The van der Waals surface area contributed by atoms with Gasteiger partial charge in [-0.15, -0.1) is 0 Å². The fourth-order valence-electron chi connectivity index (χ4n) is 1.73. The van der Waals surface area contributed by atoms with E-state index in [2.05, 4.69) is 0 Å². The van der Waals surface area contributed by atoms with E-state index in [0.29, 0.717) is 31.6 Å². The molecule has 0 atom stereocenters. The minimum Gasteiger partial charge on any atom is -0.492 e. The van der Waals surface area contributed by atoms with E-state index in [1.807, 2.05) is 0 Å². The van der Waals surface area contributed by atoms with Crippen molar-refractivity contribution in [3.05, 3.63) is 30.1 Å². The molecule has 21 heavy (non-hydrogen) atoms. The van der Waals surface area contributed by atoms with Crippen LogP contribution in [0.2, 0.25) is 0 Å². The fraction of sp³-hybridized carbons (Fsp3) is 0.467. The van der Waals surface area contributed by atoms with Gasteiger partial charge in [0.25, 0.3) is 0 Å². The number of unbranched alkanes of at least 4 members (excludes halogenated alkanes) is 1. The third-order valence-electron chi connectivity index (χ3n) is 2.95. The lowest BCUT2D eigenvalue weighted by Crippen LogP contribution is -2.30. The second kappa shape index (κ2) is 8.94. The number of hydrogen-bond donors (Lipinski definition) is 1. The maximum absolute atomic E-state index is 12.9. The molecule has 0 aliphatic rings. The molecule has 1 N–H and O–H groups in total. The number of benzene rings is 1. The van der Waals surface area contributed by atoms with E-state index in [1.165, 1.54) is 17.0 Å². The van der Waals surface area contributed by atoms with Gasteiger partial charge in [0.15, 0.2) is 0 Å². The summed E-state index contributed by atoms with van der Waals surface area (Å²) in [6.07, 6.45) is 1.46. The predicted octanol–water partition coefficient (Wildman–Crippen LogP) is 2.31. The minimum absolute atomic E-state index is 0.0526. The number of aliphatic carboxylic acids is 1. The molecule has 0 radical (unpaired) electrons. The molecule has 0 spiro atoms. The number of nitrogens with zero attached hydrogens (tertiary/aromatic N) is 1. The SMILES string of the molecule is CN(CCOc1cccc(F)c1)C(=O)CCCCC(=O)O. The average Bonchev–Trinajstić information content (AvgIpc) is 2.43. The van der Waals surface area contributed by atoms with Crippen molar-refractivity contribution < 1.29 is 23.8 Å². The number of carboxylic acids is 1.